The lowest BCUT2D eigenvalue weighted by atomic mass is 10.1. The van der Waals surface area contributed by atoms with Gasteiger partial charge in [-0.3, -0.25) is 4.79 Å². The van der Waals surface area contributed by atoms with Crippen molar-refractivity contribution < 1.29 is 17.9 Å². The summed E-state index contributed by atoms with van der Waals surface area (Å²) in [6.45, 7) is 3.54. The van der Waals surface area contributed by atoms with Crippen LogP contribution in [0.3, 0.4) is 0 Å². The van der Waals surface area contributed by atoms with E-state index in [-0.39, 0.29) is 10.8 Å². The Labute approximate surface area is 177 Å². The maximum absolute atomic E-state index is 12.8. The molecule has 0 atom stereocenters. The second-order valence-electron chi connectivity index (χ2n) is 7.59. The number of carbonyl (C=O) groups excluding carboxylic acids is 1. The fraction of sp³-hybridized carbons (Fsp3) is 0.409. The molecule has 0 saturated carbocycles. The zero-order chi connectivity index (χ0) is 21.0. The van der Waals surface area contributed by atoms with Crippen LogP contribution in [0.1, 0.15) is 29.6 Å². The van der Waals surface area contributed by atoms with Crippen LogP contribution in [0.15, 0.2) is 53.4 Å². The van der Waals surface area contributed by atoms with Crippen molar-refractivity contribution in [3.63, 3.8) is 0 Å². The molecule has 30 heavy (non-hydrogen) atoms. The summed E-state index contributed by atoms with van der Waals surface area (Å²) in [6, 6.07) is 14.0. The fourth-order valence-electron chi connectivity index (χ4n) is 3.84. The Balaban J connectivity index is 1.45. The van der Waals surface area contributed by atoms with Crippen LogP contribution in [0, 0.1) is 0 Å². The van der Waals surface area contributed by atoms with Crippen LogP contribution in [0.25, 0.3) is 0 Å². The van der Waals surface area contributed by atoms with E-state index in [1.165, 1.54) is 35.7 Å². The summed E-state index contributed by atoms with van der Waals surface area (Å²) in [7, 11) is -3.64. The van der Waals surface area contributed by atoms with Crippen LogP contribution in [0.4, 0.5) is 11.4 Å². The van der Waals surface area contributed by atoms with E-state index in [0.717, 1.165) is 18.8 Å². The van der Waals surface area contributed by atoms with Crippen LogP contribution in [0.5, 0.6) is 0 Å². The lowest BCUT2D eigenvalue weighted by Gasteiger charge is -2.28. The van der Waals surface area contributed by atoms with Crippen molar-refractivity contribution in [2.75, 3.05) is 49.6 Å². The minimum atomic E-state index is -3.64. The Bertz CT molecular complexity index is 980. The standard InChI is InChI=1S/C22H27N3O4S/c26-22(23-19-7-9-20(10-8-19)24-11-2-1-3-12-24)18-5-4-6-21(17-18)30(27,28)25-13-15-29-16-14-25/h4-10,17H,1-3,11-16H2,(H,23,26). The number of rotatable bonds is 5. The third-order valence-corrected chi connectivity index (χ3v) is 7.45. The number of sulfonamides is 1. The second kappa shape index (κ2) is 9.16. The molecule has 0 radical (unpaired) electrons. The number of amides is 1. The molecule has 2 aliphatic heterocycles. The minimum absolute atomic E-state index is 0.123. The molecule has 0 bridgehead atoms. The third-order valence-electron chi connectivity index (χ3n) is 5.55. The quantitative estimate of drug-likeness (QED) is 0.791. The molecular weight excluding hydrogens is 402 g/mol. The highest BCUT2D eigenvalue weighted by Crippen LogP contribution is 2.23. The lowest BCUT2D eigenvalue weighted by molar-refractivity contribution is 0.0730. The number of hydrogen-bond donors (Lipinski definition) is 1. The molecule has 7 nitrogen and oxygen atoms in total. The van der Waals surface area contributed by atoms with Crippen LogP contribution in [0.2, 0.25) is 0 Å². The van der Waals surface area contributed by atoms with Crippen LogP contribution in [-0.4, -0.2) is 58.0 Å². The van der Waals surface area contributed by atoms with Crippen molar-refractivity contribution >= 4 is 27.3 Å². The summed E-state index contributed by atoms with van der Waals surface area (Å²) in [6.07, 6.45) is 3.70. The summed E-state index contributed by atoms with van der Waals surface area (Å²) in [5.41, 5.74) is 2.15. The Kier molecular flexibility index (Phi) is 6.36. The van der Waals surface area contributed by atoms with Crippen molar-refractivity contribution in [1.82, 2.24) is 4.31 Å². The number of hydrogen-bond acceptors (Lipinski definition) is 5. The van der Waals surface area contributed by atoms with Crippen molar-refractivity contribution in [3.8, 4) is 0 Å². The maximum atomic E-state index is 12.8. The molecule has 4 rings (SSSR count). The number of ether oxygens (including phenoxy) is 1. The van der Waals surface area contributed by atoms with Crippen molar-refractivity contribution in [3.05, 3.63) is 54.1 Å². The van der Waals surface area contributed by atoms with E-state index in [9.17, 15) is 13.2 Å². The van der Waals surface area contributed by atoms with Crippen molar-refractivity contribution in [1.29, 1.82) is 0 Å². The van der Waals surface area contributed by atoms with Crippen LogP contribution < -0.4 is 10.2 Å². The van der Waals surface area contributed by atoms with Crippen molar-refractivity contribution in [2.45, 2.75) is 24.2 Å². The van der Waals surface area contributed by atoms with Gasteiger partial charge in [0.2, 0.25) is 10.0 Å². The van der Waals surface area contributed by atoms with E-state index in [4.69, 9.17) is 4.74 Å². The third kappa shape index (κ3) is 4.66. The molecule has 2 saturated heterocycles. The Morgan fingerprint density at radius 3 is 2.30 bits per heavy atom. The van der Waals surface area contributed by atoms with Gasteiger partial charge in [-0.25, -0.2) is 8.42 Å². The zero-order valence-corrected chi connectivity index (χ0v) is 17.7. The van der Waals surface area contributed by atoms with E-state index >= 15 is 0 Å². The van der Waals surface area contributed by atoms with E-state index in [0.29, 0.717) is 37.6 Å². The van der Waals surface area contributed by atoms with Gasteiger partial charge in [-0.15, -0.1) is 0 Å². The smallest absolute Gasteiger partial charge is 0.255 e. The molecular formula is C22H27N3O4S. The average molecular weight is 430 g/mol. The Morgan fingerprint density at radius 2 is 1.60 bits per heavy atom. The summed E-state index contributed by atoms with van der Waals surface area (Å²) >= 11 is 0. The summed E-state index contributed by atoms with van der Waals surface area (Å²) in [4.78, 5) is 15.2. The van der Waals surface area contributed by atoms with E-state index in [1.54, 1.807) is 12.1 Å². The van der Waals surface area contributed by atoms with E-state index in [1.807, 2.05) is 24.3 Å². The van der Waals surface area contributed by atoms with Gasteiger partial charge in [0, 0.05) is 43.1 Å². The Morgan fingerprint density at radius 1 is 0.900 bits per heavy atom. The first-order valence-corrected chi connectivity index (χ1v) is 11.8. The molecule has 2 heterocycles. The molecule has 1 amide bonds. The molecule has 2 fully saturated rings. The number of anilines is 2. The van der Waals surface area contributed by atoms with Gasteiger partial charge in [0.1, 0.15) is 0 Å². The molecule has 1 N–H and O–H groups in total. The molecule has 2 aromatic rings. The summed E-state index contributed by atoms with van der Waals surface area (Å²) in [5.74, 6) is -0.334. The molecule has 8 heteroatoms. The van der Waals surface area contributed by atoms with Gasteiger partial charge in [0.05, 0.1) is 18.1 Å². The lowest BCUT2D eigenvalue weighted by Crippen LogP contribution is -2.40. The Hall–Kier alpha value is -2.42. The molecule has 160 valence electrons. The monoisotopic (exact) mass is 429 g/mol. The highest BCUT2D eigenvalue weighted by molar-refractivity contribution is 7.89. The molecule has 0 aromatic heterocycles. The SMILES string of the molecule is O=C(Nc1ccc(N2CCCCC2)cc1)c1cccc(S(=O)(=O)N2CCOCC2)c1. The molecule has 2 aliphatic rings. The van der Waals surface area contributed by atoms with Gasteiger partial charge in [-0.2, -0.15) is 4.31 Å². The summed E-state index contributed by atoms with van der Waals surface area (Å²) < 4.78 is 32.3. The normalized spacial score (nSPS) is 18.2. The molecule has 0 aliphatic carbocycles. The number of carbonyl (C=O) groups is 1. The van der Waals surface area contributed by atoms with Crippen LogP contribution in [-0.2, 0) is 14.8 Å². The van der Waals surface area contributed by atoms with Gasteiger partial charge in [0.25, 0.3) is 5.91 Å². The fourth-order valence-corrected chi connectivity index (χ4v) is 5.30. The molecule has 2 aromatic carbocycles. The van der Waals surface area contributed by atoms with Crippen LogP contribution >= 0.6 is 0 Å². The number of nitrogens with zero attached hydrogens (tertiary/aromatic N) is 2. The van der Waals surface area contributed by atoms with Gasteiger partial charge < -0.3 is 15.0 Å². The van der Waals surface area contributed by atoms with Gasteiger partial charge >= 0.3 is 0 Å². The molecule has 0 unspecified atom stereocenters. The first-order chi connectivity index (χ1) is 14.5. The second-order valence-corrected chi connectivity index (χ2v) is 9.53. The van der Waals surface area contributed by atoms with Gasteiger partial charge in [0.15, 0.2) is 0 Å². The number of benzene rings is 2. The van der Waals surface area contributed by atoms with Crippen molar-refractivity contribution in [2.24, 2.45) is 0 Å². The average Bonchev–Trinajstić information content (AvgIpc) is 2.81. The first-order valence-electron chi connectivity index (χ1n) is 10.4. The zero-order valence-electron chi connectivity index (χ0n) is 16.9. The predicted octanol–water partition coefficient (Wildman–Crippen LogP) is 2.95. The van der Waals surface area contributed by atoms with Gasteiger partial charge in [-0.05, 0) is 61.7 Å². The maximum Gasteiger partial charge on any atom is 0.255 e. The predicted molar refractivity (Wildman–Crippen MR) is 116 cm³/mol. The number of morpholine rings is 1. The largest absolute Gasteiger partial charge is 0.379 e. The number of nitrogens with one attached hydrogen (secondary N) is 1. The highest BCUT2D eigenvalue weighted by atomic mass is 32.2. The first kappa shape index (κ1) is 20.8. The number of piperidine rings is 1. The summed E-state index contributed by atoms with van der Waals surface area (Å²) in [5, 5.41) is 2.86. The topological polar surface area (TPSA) is 79.0 Å². The minimum Gasteiger partial charge on any atom is -0.379 e. The van der Waals surface area contributed by atoms with E-state index < -0.39 is 10.0 Å². The van der Waals surface area contributed by atoms with Gasteiger partial charge in [-0.1, -0.05) is 6.07 Å². The highest BCUT2D eigenvalue weighted by Gasteiger charge is 2.26. The van der Waals surface area contributed by atoms with E-state index in [2.05, 4.69) is 10.2 Å². The molecule has 0 spiro atoms.